The Morgan fingerprint density at radius 3 is 2.83 bits per heavy atom. The maximum Gasteiger partial charge on any atom is 0.259 e. The first-order valence-corrected chi connectivity index (χ1v) is 7.59. The van der Waals surface area contributed by atoms with Gasteiger partial charge in [-0.1, -0.05) is 6.42 Å². The molecule has 0 radical (unpaired) electrons. The molecule has 18 heavy (non-hydrogen) atoms. The zero-order valence-electron chi connectivity index (χ0n) is 10.4. The highest BCUT2D eigenvalue weighted by atomic mass is 32.2. The minimum Gasteiger partial charge on any atom is -0.396 e. The lowest BCUT2D eigenvalue weighted by Gasteiger charge is -2.17. The normalized spacial score (nSPS) is 24.6. The van der Waals surface area contributed by atoms with Crippen LogP contribution in [0.1, 0.15) is 19.3 Å². The molecule has 2 atom stereocenters. The van der Waals surface area contributed by atoms with Crippen LogP contribution in [0.15, 0.2) is 17.6 Å². The third-order valence-electron chi connectivity index (χ3n) is 3.54. The molecule has 6 nitrogen and oxygen atoms in total. The summed E-state index contributed by atoms with van der Waals surface area (Å²) in [5.74, 6) is 0.449. The molecule has 0 aromatic carbocycles. The average Bonchev–Trinajstić information content (AvgIpc) is 2.94. The fraction of sp³-hybridized carbons (Fsp3) is 0.727. The summed E-state index contributed by atoms with van der Waals surface area (Å²) in [4.78, 5) is 3.83. The van der Waals surface area contributed by atoms with Gasteiger partial charge in [-0.15, -0.1) is 0 Å². The van der Waals surface area contributed by atoms with Gasteiger partial charge in [0.1, 0.15) is 0 Å². The van der Waals surface area contributed by atoms with Crippen molar-refractivity contribution in [3.8, 4) is 0 Å². The molecule has 0 amide bonds. The number of aliphatic hydroxyl groups excluding tert-OH is 1. The van der Waals surface area contributed by atoms with Gasteiger partial charge >= 0.3 is 0 Å². The van der Waals surface area contributed by atoms with Crippen molar-refractivity contribution in [2.45, 2.75) is 24.3 Å². The zero-order chi connectivity index (χ0) is 13.2. The maximum absolute atomic E-state index is 11.9. The van der Waals surface area contributed by atoms with Crippen LogP contribution in [0.25, 0.3) is 0 Å². The molecule has 7 heteroatoms. The quantitative estimate of drug-likeness (QED) is 0.797. The highest BCUT2D eigenvalue weighted by molar-refractivity contribution is 7.89. The van der Waals surface area contributed by atoms with E-state index >= 15 is 0 Å². The first-order chi connectivity index (χ1) is 8.53. The highest BCUT2D eigenvalue weighted by Gasteiger charge is 2.28. The number of aliphatic hydroxyl groups is 1. The van der Waals surface area contributed by atoms with Crippen molar-refractivity contribution in [2.24, 2.45) is 18.9 Å². The number of rotatable bonds is 5. The van der Waals surface area contributed by atoms with Gasteiger partial charge < -0.3 is 9.67 Å². The van der Waals surface area contributed by atoms with E-state index in [0.717, 1.165) is 19.3 Å². The van der Waals surface area contributed by atoms with Crippen molar-refractivity contribution in [3.63, 3.8) is 0 Å². The lowest BCUT2D eigenvalue weighted by atomic mass is 9.97. The Kier molecular flexibility index (Phi) is 4.04. The molecule has 2 rings (SSSR count). The second-order valence-corrected chi connectivity index (χ2v) is 6.58. The standard InChI is InChI=1S/C11H19N3O3S/c1-14-6-11(12-8-14)18(16,17)13-5-9-3-2-4-10(9)7-15/h6,8-10,13,15H,2-5,7H2,1H3. The Morgan fingerprint density at radius 1 is 1.50 bits per heavy atom. The summed E-state index contributed by atoms with van der Waals surface area (Å²) >= 11 is 0. The van der Waals surface area contributed by atoms with Gasteiger partial charge in [0.15, 0.2) is 5.03 Å². The third-order valence-corrected chi connectivity index (χ3v) is 4.85. The number of sulfonamides is 1. The zero-order valence-corrected chi connectivity index (χ0v) is 11.2. The van der Waals surface area contributed by atoms with Gasteiger partial charge in [-0.3, -0.25) is 0 Å². The number of imidazole rings is 1. The average molecular weight is 273 g/mol. The van der Waals surface area contributed by atoms with Gasteiger partial charge in [0.2, 0.25) is 0 Å². The first kappa shape index (κ1) is 13.5. The molecule has 0 spiro atoms. The number of aryl methyl sites for hydroxylation is 1. The van der Waals surface area contributed by atoms with E-state index in [-0.39, 0.29) is 23.5 Å². The summed E-state index contributed by atoms with van der Waals surface area (Å²) < 4.78 is 28.1. The Labute approximate surface area is 107 Å². The summed E-state index contributed by atoms with van der Waals surface area (Å²) in [6.07, 6.45) is 5.94. The van der Waals surface area contributed by atoms with Crippen LogP contribution in [0.3, 0.4) is 0 Å². The molecule has 2 unspecified atom stereocenters. The lowest BCUT2D eigenvalue weighted by Crippen LogP contribution is -2.31. The van der Waals surface area contributed by atoms with Crippen LogP contribution in [-0.2, 0) is 17.1 Å². The molecule has 1 aliphatic carbocycles. The van der Waals surface area contributed by atoms with Crippen LogP contribution in [0.5, 0.6) is 0 Å². The first-order valence-electron chi connectivity index (χ1n) is 6.11. The Hall–Kier alpha value is -0.920. The van der Waals surface area contributed by atoms with Gasteiger partial charge in [-0.25, -0.2) is 18.1 Å². The smallest absolute Gasteiger partial charge is 0.259 e. The molecular formula is C11H19N3O3S. The Morgan fingerprint density at radius 2 is 2.22 bits per heavy atom. The molecule has 1 aromatic rings. The van der Waals surface area contributed by atoms with E-state index in [1.807, 2.05) is 0 Å². The summed E-state index contributed by atoms with van der Waals surface area (Å²) in [6, 6.07) is 0. The number of nitrogens with zero attached hydrogens (tertiary/aromatic N) is 2. The van der Waals surface area contributed by atoms with E-state index < -0.39 is 10.0 Å². The molecule has 0 aliphatic heterocycles. The predicted molar refractivity (Wildman–Crippen MR) is 66.3 cm³/mol. The minimum atomic E-state index is -3.52. The van der Waals surface area contributed by atoms with Crippen LogP contribution >= 0.6 is 0 Å². The van der Waals surface area contributed by atoms with Crippen molar-refractivity contribution in [1.82, 2.24) is 14.3 Å². The largest absolute Gasteiger partial charge is 0.396 e. The third kappa shape index (κ3) is 2.90. The number of hydrogen-bond acceptors (Lipinski definition) is 4. The SMILES string of the molecule is Cn1cnc(S(=O)(=O)NCC2CCCC2CO)c1. The van der Waals surface area contributed by atoms with E-state index in [1.165, 1.54) is 12.5 Å². The fourth-order valence-corrected chi connectivity index (χ4v) is 3.51. The summed E-state index contributed by atoms with van der Waals surface area (Å²) in [5.41, 5.74) is 0. The molecule has 1 saturated carbocycles. The lowest BCUT2D eigenvalue weighted by molar-refractivity contribution is 0.195. The molecule has 1 aromatic heterocycles. The molecule has 0 bridgehead atoms. The molecule has 0 saturated heterocycles. The molecular weight excluding hydrogens is 254 g/mol. The van der Waals surface area contributed by atoms with Crippen molar-refractivity contribution in [3.05, 3.63) is 12.5 Å². The maximum atomic E-state index is 11.9. The number of aromatic nitrogens is 2. The highest BCUT2D eigenvalue weighted by Crippen LogP contribution is 2.30. The van der Waals surface area contributed by atoms with Crippen molar-refractivity contribution >= 4 is 10.0 Å². The Balaban J connectivity index is 1.97. The number of hydrogen-bond donors (Lipinski definition) is 2. The molecule has 2 N–H and O–H groups in total. The molecule has 1 fully saturated rings. The second kappa shape index (κ2) is 5.38. The van der Waals surface area contributed by atoms with Crippen LogP contribution in [0, 0.1) is 11.8 Å². The van der Waals surface area contributed by atoms with Crippen LogP contribution in [0.4, 0.5) is 0 Å². The van der Waals surface area contributed by atoms with E-state index in [2.05, 4.69) is 9.71 Å². The number of nitrogens with one attached hydrogen (secondary N) is 1. The van der Waals surface area contributed by atoms with E-state index in [9.17, 15) is 13.5 Å². The minimum absolute atomic E-state index is 0.0449. The van der Waals surface area contributed by atoms with Crippen LogP contribution in [0.2, 0.25) is 0 Å². The van der Waals surface area contributed by atoms with Gasteiger partial charge in [0.25, 0.3) is 10.0 Å². The fourth-order valence-electron chi connectivity index (χ4n) is 2.44. The second-order valence-electron chi connectivity index (χ2n) is 4.86. The van der Waals surface area contributed by atoms with E-state index in [0.29, 0.717) is 6.54 Å². The van der Waals surface area contributed by atoms with E-state index in [4.69, 9.17) is 0 Å². The summed E-state index contributed by atoms with van der Waals surface area (Å²) in [5, 5.41) is 9.24. The van der Waals surface area contributed by atoms with Gasteiger partial charge in [-0.05, 0) is 24.7 Å². The van der Waals surface area contributed by atoms with Crippen molar-refractivity contribution in [2.75, 3.05) is 13.2 Å². The van der Waals surface area contributed by atoms with Gasteiger partial charge in [0, 0.05) is 26.4 Å². The molecule has 1 aliphatic rings. The molecule has 102 valence electrons. The van der Waals surface area contributed by atoms with E-state index in [1.54, 1.807) is 11.6 Å². The van der Waals surface area contributed by atoms with Crippen LogP contribution < -0.4 is 4.72 Å². The van der Waals surface area contributed by atoms with Gasteiger partial charge in [0.05, 0.1) is 6.33 Å². The van der Waals surface area contributed by atoms with Crippen LogP contribution in [-0.4, -0.2) is 36.2 Å². The topological polar surface area (TPSA) is 84.2 Å². The predicted octanol–water partition coefficient (Wildman–Crippen LogP) is 0.107. The summed E-state index contributed by atoms with van der Waals surface area (Å²) in [7, 11) is -1.80. The monoisotopic (exact) mass is 273 g/mol. The van der Waals surface area contributed by atoms with Crippen molar-refractivity contribution < 1.29 is 13.5 Å². The van der Waals surface area contributed by atoms with Crippen molar-refractivity contribution in [1.29, 1.82) is 0 Å². The summed E-state index contributed by atoms with van der Waals surface area (Å²) in [6.45, 7) is 0.514. The Bertz CT molecular complexity index is 497. The van der Waals surface area contributed by atoms with Gasteiger partial charge in [-0.2, -0.15) is 0 Å². The molecule has 1 heterocycles.